The highest BCUT2D eigenvalue weighted by Gasteiger charge is 2.25. The molecular weight excluding hydrogens is 442 g/mol. The topological polar surface area (TPSA) is 83.9 Å². The Labute approximate surface area is 195 Å². The first-order valence-corrected chi connectivity index (χ1v) is 11.4. The summed E-state index contributed by atoms with van der Waals surface area (Å²) in [5, 5.41) is 12.4. The van der Waals surface area contributed by atoms with Gasteiger partial charge < -0.3 is 13.9 Å². The van der Waals surface area contributed by atoms with Crippen molar-refractivity contribution in [3.63, 3.8) is 0 Å². The molecule has 0 amide bonds. The third kappa shape index (κ3) is 4.16. The second-order valence-corrected chi connectivity index (χ2v) is 9.63. The van der Waals surface area contributed by atoms with Crippen LogP contribution in [0.1, 0.15) is 25.8 Å². The first-order chi connectivity index (χ1) is 15.8. The SMILES string of the molecule is C[C@@H]1C[C@H](C)CN(Cc2c(O)ccc3c(-c4cc5cc(Cl)ccc5oc4=O)cc(=O)oc23)C1. The number of hydrogen-bond acceptors (Lipinski definition) is 6. The Balaban J connectivity index is 1.68. The summed E-state index contributed by atoms with van der Waals surface area (Å²) in [4.78, 5) is 27.6. The Bertz CT molecular complexity index is 1480. The van der Waals surface area contributed by atoms with Gasteiger partial charge >= 0.3 is 11.3 Å². The minimum Gasteiger partial charge on any atom is -0.507 e. The van der Waals surface area contributed by atoms with Gasteiger partial charge in [-0.15, -0.1) is 0 Å². The predicted molar refractivity (Wildman–Crippen MR) is 129 cm³/mol. The monoisotopic (exact) mass is 465 g/mol. The van der Waals surface area contributed by atoms with Crippen molar-refractivity contribution in [3.05, 3.63) is 73.9 Å². The van der Waals surface area contributed by atoms with Crippen LogP contribution in [0.4, 0.5) is 0 Å². The quantitative estimate of drug-likeness (QED) is 0.407. The average molecular weight is 466 g/mol. The number of benzene rings is 2. The standard InChI is InChI=1S/C26H24ClNO5/c1-14-7-15(2)12-28(11-14)13-21-22(29)5-4-18-19(10-24(30)33-25(18)21)20-9-16-8-17(27)3-6-23(16)32-26(20)31/h3-6,8-10,14-15,29H,7,11-13H2,1-2H3/t14-,15+. The van der Waals surface area contributed by atoms with E-state index in [1.807, 2.05) is 0 Å². The van der Waals surface area contributed by atoms with E-state index < -0.39 is 11.3 Å². The van der Waals surface area contributed by atoms with Crippen LogP contribution in [-0.4, -0.2) is 23.1 Å². The summed E-state index contributed by atoms with van der Waals surface area (Å²) in [6, 6.07) is 11.2. The molecule has 1 aliphatic heterocycles. The minimum atomic E-state index is -0.602. The van der Waals surface area contributed by atoms with Crippen LogP contribution >= 0.6 is 11.6 Å². The number of hydrogen-bond donors (Lipinski definition) is 1. The number of rotatable bonds is 3. The first kappa shape index (κ1) is 21.7. The van der Waals surface area contributed by atoms with Crippen LogP contribution in [0.15, 0.2) is 60.9 Å². The number of likely N-dealkylation sites (tertiary alicyclic amines) is 1. The summed E-state index contributed by atoms with van der Waals surface area (Å²) < 4.78 is 11.1. The third-order valence-electron chi connectivity index (χ3n) is 6.30. The van der Waals surface area contributed by atoms with Crippen molar-refractivity contribution in [1.82, 2.24) is 4.90 Å². The first-order valence-electron chi connectivity index (χ1n) is 11.0. The van der Waals surface area contributed by atoms with Gasteiger partial charge in [0.05, 0.1) is 11.1 Å². The predicted octanol–water partition coefficient (Wildman–Crippen LogP) is 5.40. The van der Waals surface area contributed by atoms with Crippen molar-refractivity contribution in [2.45, 2.75) is 26.8 Å². The van der Waals surface area contributed by atoms with Gasteiger partial charge in [-0.05, 0) is 54.7 Å². The smallest absolute Gasteiger partial charge is 0.344 e. The lowest BCUT2D eigenvalue weighted by molar-refractivity contribution is 0.133. The maximum atomic E-state index is 12.8. The zero-order valence-electron chi connectivity index (χ0n) is 18.4. The van der Waals surface area contributed by atoms with Crippen LogP contribution in [0.2, 0.25) is 5.02 Å². The highest BCUT2D eigenvalue weighted by molar-refractivity contribution is 6.31. The van der Waals surface area contributed by atoms with Gasteiger partial charge in [-0.3, -0.25) is 4.90 Å². The Hall–Kier alpha value is -3.09. The van der Waals surface area contributed by atoms with E-state index in [-0.39, 0.29) is 16.9 Å². The molecule has 170 valence electrons. The van der Waals surface area contributed by atoms with Crippen molar-refractivity contribution < 1.29 is 13.9 Å². The molecule has 0 radical (unpaired) electrons. The van der Waals surface area contributed by atoms with Crippen molar-refractivity contribution in [2.75, 3.05) is 13.1 Å². The maximum absolute atomic E-state index is 12.8. The molecule has 2 atom stereocenters. The second kappa shape index (κ2) is 8.36. The third-order valence-corrected chi connectivity index (χ3v) is 6.54. The van der Waals surface area contributed by atoms with E-state index in [9.17, 15) is 14.7 Å². The molecule has 1 fully saturated rings. The lowest BCUT2D eigenvalue weighted by Crippen LogP contribution is -2.38. The van der Waals surface area contributed by atoms with Crippen molar-refractivity contribution in [2.24, 2.45) is 11.8 Å². The molecule has 0 aliphatic carbocycles. The van der Waals surface area contributed by atoms with Crippen LogP contribution < -0.4 is 11.3 Å². The Morgan fingerprint density at radius 1 is 1.00 bits per heavy atom. The highest BCUT2D eigenvalue weighted by atomic mass is 35.5. The molecular formula is C26H24ClNO5. The molecule has 4 aromatic rings. The van der Waals surface area contributed by atoms with Gasteiger partial charge in [0, 0.05) is 47.1 Å². The molecule has 3 heterocycles. The molecule has 0 bridgehead atoms. The summed E-state index contributed by atoms with van der Waals surface area (Å²) >= 11 is 6.11. The maximum Gasteiger partial charge on any atom is 0.344 e. The molecule has 0 saturated carbocycles. The zero-order valence-corrected chi connectivity index (χ0v) is 19.2. The second-order valence-electron chi connectivity index (χ2n) is 9.19. The van der Waals surface area contributed by atoms with Crippen LogP contribution in [0.3, 0.4) is 0 Å². The fourth-order valence-electron chi connectivity index (χ4n) is 5.07. The van der Waals surface area contributed by atoms with Gasteiger partial charge in [-0.1, -0.05) is 25.4 Å². The van der Waals surface area contributed by atoms with Crippen LogP contribution in [-0.2, 0) is 6.54 Å². The van der Waals surface area contributed by atoms with Gasteiger partial charge in [0.2, 0.25) is 0 Å². The van der Waals surface area contributed by atoms with E-state index in [0.717, 1.165) is 13.1 Å². The molecule has 1 N–H and O–H groups in total. The molecule has 0 spiro atoms. The molecule has 2 aromatic carbocycles. The molecule has 2 aromatic heterocycles. The number of piperidine rings is 1. The van der Waals surface area contributed by atoms with E-state index in [2.05, 4.69) is 18.7 Å². The minimum absolute atomic E-state index is 0.0611. The zero-order chi connectivity index (χ0) is 23.3. The van der Waals surface area contributed by atoms with E-state index in [0.29, 0.717) is 50.9 Å². The number of fused-ring (bicyclic) bond motifs is 2. The summed E-state index contributed by atoms with van der Waals surface area (Å²) in [7, 11) is 0. The normalized spacial score (nSPS) is 19.4. The van der Waals surface area contributed by atoms with Gasteiger partial charge in [-0.2, -0.15) is 0 Å². The Kier molecular flexibility index (Phi) is 5.51. The van der Waals surface area contributed by atoms with E-state index >= 15 is 0 Å². The number of halogens is 1. The van der Waals surface area contributed by atoms with Gasteiger partial charge in [-0.25, -0.2) is 9.59 Å². The van der Waals surface area contributed by atoms with Crippen molar-refractivity contribution in [1.29, 1.82) is 0 Å². The van der Waals surface area contributed by atoms with E-state index in [1.165, 1.54) is 12.5 Å². The molecule has 33 heavy (non-hydrogen) atoms. The van der Waals surface area contributed by atoms with Crippen LogP contribution in [0.5, 0.6) is 5.75 Å². The molecule has 5 rings (SSSR count). The number of phenols is 1. The summed E-state index contributed by atoms with van der Waals surface area (Å²) in [6.45, 7) is 6.69. The fraction of sp³-hybridized carbons (Fsp3) is 0.308. The van der Waals surface area contributed by atoms with E-state index in [4.69, 9.17) is 20.4 Å². The van der Waals surface area contributed by atoms with Gasteiger partial charge in [0.15, 0.2) is 0 Å². The Morgan fingerprint density at radius 2 is 1.76 bits per heavy atom. The van der Waals surface area contributed by atoms with Gasteiger partial charge in [0.1, 0.15) is 16.9 Å². The number of nitrogens with zero attached hydrogens (tertiary/aromatic N) is 1. The lowest BCUT2D eigenvalue weighted by atomic mass is 9.91. The summed E-state index contributed by atoms with van der Waals surface area (Å²) in [5.74, 6) is 1.15. The summed E-state index contributed by atoms with van der Waals surface area (Å²) in [6.07, 6.45) is 1.17. The summed E-state index contributed by atoms with van der Waals surface area (Å²) in [5.41, 5.74) is 0.709. The molecule has 6 nitrogen and oxygen atoms in total. The molecule has 0 unspecified atom stereocenters. The average Bonchev–Trinajstić information content (AvgIpc) is 2.74. The van der Waals surface area contributed by atoms with Crippen molar-refractivity contribution >= 4 is 33.5 Å². The molecule has 1 saturated heterocycles. The lowest BCUT2D eigenvalue weighted by Gasteiger charge is -2.35. The van der Waals surface area contributed by atoms with Crippen LogP contribution in [0, 0.1) is 11.8 Å². The van der Waals surface area contributed by atoms with Crippen LogP contribution in [0.25, 0.3) is 33.1 Å². The molecule has 1 aliphatic rings. The van der Waals surface area contributed by atoms with E-state index in [1.54, 1.807) is 36.4 Å². The number of aromatic hydroxyl groups is 1. The Morgan fingerprint density at radius 3 is 2.52 bits per heavy atom. The highest BCUT2D eigenvalue weighted by Crippen LogP contribution is 2.35. The van der Waals surface area contributed by atoms with Gasteiger partial charge in [0.25, 0.3) is 0 Å². The largest absolute Gasteiger partial charge is 0.507 e. The van der Waals surface area contributed by atoms with Crippen molar-refractivity contribution in [3.8, 4) is 16.9 Å². The molecule has 7 heteroatoms. The number of phenolic OH excluding ortho intramolecular Hbond substituents is 1. The fourth-order valence-corrected chi connectivity index (χ4v) is 5.25.